The maximum atomic E-state index is 10.8. The predicted octanol–water partition coefficient (Wildman–Crippen LogP) is 4.27. The molecule has 2 aromatic carbocycles. The fraction of sp³-hybridized carbons (Fsp3) is 0.294. The molecule has 19 heavy (non-hydrogen) atoms. The van der Waals surface area contributed by atoms with E-state index >= 15 is 0 Å². The minimum Gasteiger partial charge on any atom is -0.389 e. The van der Waals surface area contributed by atoms with Crippen molar-refractivity contribution in [1.82, 2.24) is 0 Å². The van der Waals surface area contributed by atoms with Crippen LogP contribution in [0.5, 0.6) is 0 Å². The van der Waals surface area contributed by atoms with E-state index in [1.54, 1.807) is 0 Å². The Morgan fingerprint density at radius 1 is 0.947 bits per heavy atom. The summed E-state index contributed by atoms with van der Waals surface area (Å²) in [5, 5.41) is 11.5. The number of rotatable bonds is 5. The van der Waals surface area contributed by atoms with E-state index in [2.05, 4.69) is 0 Å². The van der Waals surface area contributed by atoms with Gasteiger partial charge < -0.3 is 5.11 Å². The summed E-state index contributed by atoms with van der Waals surface area (Å²) in [7, 11) is 0. The summed E-state index contributed by atoms with van der Waals surface area (Å²) in [5.41, 5.74) is 1.41. The molecule has 1 nitrogen and oxygen atoms in total. The maximum Gasteiger partial charge on any atom is 0.0726 e. The van der Waals surface area contributed by atoms with Crippen molar-refractivity contribution in [3.63, 3.8) is 0 Å². The lowest BCUT2D eigenvalue weighted by Crippen LogP contribution is -2.33. The number of benzene rings is 2. The molecule has 0 heterocycles. The van der Waals surface area contributed by atoms with Crippen LogP contribution in [0.2, 0.25) is 5.02 Å². The SMILES string of the molecule is CCC(O)(Cc1ccccc1)Cc1ccccc1Cl. The first-order valence-corrected chi connectivity index (χ1v) is 7.00. The normalized spacial score (nSPS) is 14.1. The Kier molecular flexibility index (Phi) is 4.62. The molecule has 0 aliphatic heterocycles. The summed E-state index contributed by atoms with van der Waals surface area (Å²) in [6.07, 6.45) is 1.93. The van der Waals surface area contributed by atoms with Crippen LogP contribution >= 0.6 is 11.6 Å². The van der Waals surface area contributed by atoms with E-state index in [9.17, 15) is 5.11 Å². The molecule has 100 valence electrons. The minimum absolute atomic E-state index is 0.581. The van der Waals surface area contributed by atoms with E-state index in [4.69, 9.17) is 11.6 Å². The number of hydrogen-bond acceptors (Lipinski definition) is 1. The van der Waals surface area contributed by atoms with Crippen LogP contribution in [0, 0.1) is 0 Å². The molecule has 0 aliphatic rings. The predicted molar refractivity (Wildman–Crippen MR) is 80.5 cm³/mol. The van der Waals surface area contributed by atoms with Gasteiger partial charge in [0.1, 0.15) is 0 Å². The van der Waals surface area contributed by atoms with Crippen molar-refractivity contribution >= 4 is 11.6 Å². The Morgan fingerprint density at radius 2 is 1.58 bits per heavy atom. The standard InChI is InChI=1S/C17H19ClO/c1-2-17(19,12-14-8-4-3-5-9-14)13-15-10-6-7-11-16(15)18/h3-11,19H,2,12-13H2,1H3. The molecule has 2 aromatic rings. The van der Waals surface area contributed by atoms with Crippen molar-refractivity contribution in [2.45, 2.75) is 31.8 Å². The van der Waals surface area contributed by atoms with Crippen molar-refractivity contribution < 1.29 is 5.11 Å². The lowest BCUT2D eigenvalue weighted by molar-refractivity contribution is 0.0369. The van der Waals surface area contributed by atoms with Crippen LogP contribution in [0.15, 0.2) is 54.6 Å². The van der Waals surface area contributed by atoms with Gasteiger partial charge in [-0.05, 0) is 23.6 Å². The smallest absolute Gasteiger partial charge is 0.0726 e. The average Bonchev–Trinajstić information content (AvgIpc) is 2.42. The van der Waals surface area contributed by atoms with Crippen molar-refractivity contribution in [1.29, 1.82) is 0 Å². The van der Waals surface area contributed by atoms with E-state index in [0.29, 0.717) is 19.3 Å². The third-order valence-corrected chi connectivity index (χ3v) is 3.88. The molecule has 0 saturated heterocycles. The van der Waals surface area contributed by atoms with Gasteiger partial charge in [0.05, 0.1) is 5.60 Å². The molecule has 0 radical (unpaired) electrons. The van der Waals surface area contributed by atoms with Crippen LogP contribution in [-0.2, 0) is 12.8 Å². The molecule has 2 heteroatoms. The molecular weight excluding hydrogens is 256 g/mol. The quantitative estimate of drug-likeness (QED) is 0.863. The van der Waals surface area contributed by atoms with Crippen LogP contribution in [0.4, 0.5) is 0 Å². The highest BCUT2D eigenvalue weighted by Gasteiger charge is 2.26. The first kappa shape index (κ1) is 14.1. The first-order valence-electron chi connectivity index (χ1n) is 6.63. The zero-order chi connectivity index (χ0) is 13.7. The summed E-state index contributed by atoms with van der Waals surface area (Å²) in [6, 6.07) is 17.8. The van der Waals surface area contributed by atoms with Gasteiger partial charge in [-0.2, -0.15) is 0 Å². The molecule has 1 N–H and O–H groups in total. The maximum absolute atomic E-state index is 10.8. The fourth-order valence-electron chi connectivity index (χ4n) is 2.28. The number of aliphatic hydroxyl groups is 1. The van der Waals surface area contributed by atoms with Crippen LogP contribution in [0.3, 0.4) is 0 Å². The Labute approximate surface area is 119 Å². The highest BCUT2D eigenvalue weighted by atomic mass is 35.5. The molecule has 1 atom stereocenters. The van der Waals surface area contributed by atoms with E-state index in [0.717, 1.165) is 16.1 Å². The summed E-state index contributed by atoms with van der Waals surface area (Å²) < 4.78 is 0. The van der Waals surface area contributed by atoms with Crippen LogP contribution in [0.1, 0.15) is 24.5 Å². The topological polar surface area (TPSA) is 20.2 Å². The zero-order valence-corrected chi connectivity index (χ0v) is 11.9. The largest absolute Gasteiger partial charge is 0.389 e. The molecular formula is C17H19ClO. The van der Waals surface area contributed by atoms with Crippen molar-refractivity contribution in [2.24, 2.45) is 0 Å². The molecule has 0 aromatic heterocycles. The highest BCUT2D eigenvalue weighted by Crippen LogP contribution is 2.26. The third kappa shape index (κ3) is 3.82. The van der Waals surface area contributed by atoms with E-state index < -0.39 is 5.60 Å². The Hall–Kier alpha value is -1.31. The average molecular weight is 275 g/mol. The second kappa shape index (κ2) is 6.23. The van der Waals surface area contributed by atoms with Gasteiger partial charge in [-0.1, -0.05) is 67.1 Å². The third-order valence-electron chi connectivity index (χ3n) is 3.51. The van der Waals surface area contributed by atoms with Crippen LogP contribution < -0.4 is 0 Å². The van der Waals surface area contributed by atoms with Gasteiger partial charge in [-0.25, -0.2) is 0 Å². The van der Waals surface area contributed by atoms with Gasteiger partial charge in [-0.3, -0.25) is 0 Å². The first-order chi connectivity index (χ1) is 9.13. The Balaban J connectivity index is 2.17. The van der Waals surface area contributed by atoms with Crippen molar-refractivity contribution in [2.75, 3.05) is 0 Å². The number of hydrogen-bond donors (Lipinski definition) is 1. The van der Waals surface area contributed by atoms with Crippen molar-refractivity contribution in [3.05, 3.63) is 70.7 Å². The molecule has 0 fully saturated rings. The molecule has 1 unspecified atom stereocenters. The summed E-state index contributed by atoms with van der Waals surface area (Å²) in [5.74, 6) is 0. The molecule has 2 rings (SSSR count). The van der Waals surface area contributed by atoms with E-state index in [1.807, 2.05) is 61.5 Å². The zero-order valence-electron chi connectivity index (χ0n) is 11.1. The van der Waals surface area contributed by atoms with Gasteiger partial charge in [-0.15, -0.1) is 0 Å². The molecule has 0 bridgehead atoms. The second-order valence-corrected chi connectivity index (χ2v) is 5.42. The molecule has 0 saturated carbocycles. The molecule has 0 aliphatic carbocycles. The van der Waals surface area contributed by atoms with Gasteiger partial charge in [0.2, 0.25) is 0 Å². The summed E-state index contributed by atoms with van der Waals surface area (Å²) in [4.78, 5) is 0. The number of halogens is 1. The molecule has 0 amide bonds. The van der Waals surface area contributed by atoms with Crippen LogP contribution in [0.25, 0.3) is 0 Å². The lowest BCUT2D eigenvalue weighted by atomic mass is 9.86. The second-order valence-electron chi connectivity index (χ2n) is 5.01. The fourth-order valence-corrected chi connectivity index (χ4v) is 2.49. The van der Waals surface area contributed by atoms with Gasteiger partial charge >= 0.3 is 0 Å². The summed E-state index contributed by atoms with van der Waals surface area (Å²) >= 11 is 6.18. The summed E-state index contributed by atoms with van der Waals surface area (Å²) in [6.45, 7) is 2.01. The van der Waals surface area contributed by atoms with E-state index in [-0.39, 0.29) is 0 Å². The minimum atomic E-state index is -0.744. The highest BCUT2D eigenvalue weighted by molar-refractivity contribution is 6.31. The van der Waals surface area contributed by atoms with Gasteiger partial charge in [0.25, 0.3) is 0 Å². The van der Waals surface area contributed by atoms with E-state index in [1.165, 1.54) is 0 Å². The van der Waals surface area contributed by atoms with Gasteiger partial charge in [0.15, 0.2) is 0 Å². The van der Waals surface area contributed by atoms with Crippen molar-refractivity contribution in [3.8, 4) is 0 Å². The Morgan fingerprint density at radius 3 is 2.21 bits per heavy atom. The Bertz CT molecular complexity index is 524. The monoisotopic (exact) mass is 274 g/mol. The van der Waals surface area contributed by atoms with Gasteiger partial charge in [0, 0.05) is 17.9 Å². The lowest BCUT2D eigenvalue weighted by Gasteiger charge is -2.27. The van der Waals surface area contributed by atoms with Crippen LogP contribution in [-0.4, -0.2) is 10.7 Å². The molecule has 0 spiro atoms.